The molecule has 20 heavy (non-hydrogen) atoms. The summed E-state index contributed by atoms with van der Waals surface area (Å²) in [5.74, 6) is 1.63. The molecule has 0 bridgehead atoms. The lowest BCUT2D eigenvalue weighted by molar-refractivity contribution is 1.07. The minimum Gasteiger partial charge on any atom is -0.369 e. The van der Waals surface area contributed by atoms with Crippen molar-refractivity contribution < 1.29 is 0 Å². The van der Waals surface area contributed by atoms with E-state index < -0.39 is 0 Å². The first-order chi connectivity index (χ1) is 9.70. The standard InChI is InChI=1S/C15H14BrN3S/c1-3-17-15-13(16)9(2)18-14(19-15)11-8-20-12-7-5-4-6-10(11)12/h4-8H,3H2,1-2H3,(H,17,18,19). The maximum atomic E-state index is 4.65. The second-order valence-corrected chi connectivity index (χ2v) is 6.18. The summed E-state index contributed by atoms with van der Waals surface area (Å²) in [6, 6.07) is 8.35. The summed E-state index contributed by atoms with van der Waals surface area (Å²) < 4.78 is 2.19. The number of rotatable bonds is 3. The van der Waals surface area contributed by atoms with E-state index in [1.54, 1.807) is 11.3 Å². The lowest BCUT2D eigenvalue weighted by atomic mass is 10.1. The summed E-state index contributed by atoms with van der Waals surface area (Å²) in [7, 11) is 0. The van der Waals surface area contributed by atoms with E-state index in [-0.39, 0.29) is 0 Å². The molecule has 0 unspecified atom stereocenters. The molecule has 1 N–H and O–H groups in total. The van der Waals surface area contributed by atoms with Crippen LogP contribution < -0.4 is 5.32 Å². The smallest absolute Gasteiger partial charge is 0.163 e. The Balaban J connectivity index is 2.19. The number of hydrogen-bond acceptors (Lipinski definition) is 4. The Kier molecular flexibility index (Phi) is 3.72. The van der Waals surface area contributed by atoms with Crippen LogP contribution in [0.4, 0.5) is 5.82 Å². The van der Waals surface area contributed by atoms with Gasteiger partial charge >= 0.3 is 0 Å². The first-order valence-electron chi connectivity index (χ1n) is 6.45. The lowest BCUT2D eigenvalue weighted by Crippen LogP contribution is -2.04. The molecule has 0 radical (unpaired) electrons. The maximum Gasteiger partial charge on any atom is 0.163 e. The molecule has 2 heterocycles. The highest BCUT2D eigenvalue weighted by Gasteiger charge is 2.13. The molecule has 3 aromatic rings. The van der Waals surface area contributed by atoms with E-state index in [2.05, 4.69) is 67.8 Å². The zero-order valence-corrected chi connectivity index (χ0v) is 13.7. The number of nitrogens with one attached hydrogen (secondary N) is 1. The number of anilines is 1. The predicted octanol–water partition coefficient (Wildman–Crippen LogP) is 4.86. The van der Waals surface area contributed by atoms with Crippen LogP contribution in [0.1, 0.15) is 12.6 Å². The van der Waals surface area contributed by atoms with Gasteiger partial charge < -0.3 is 5.32 Å². The van der Waals surface area contributed by atoms with Gasteiger partial charge in [0.15, 0.2) is 5.82 Å². The highest BCUT2D eigenvalue weighted by molar-refractivity contribution is 9.10. The van der Waals surface area contributed by atoms with Gasteiger partial charge in [0.2, 0.25) is 0 Å². The number of aromatic nitrogens is 2. The molecule has 1 aromatic carbocycles. The normalized spacial score (nSPS) is 10.9. The molecule has 0 aliphatic carbocycles. The largest absolute Gasteiger partial charge is 0.369 e. The number of benzene rings is 1. The Morgan fingerprint density at radius 1 is 1.25 bits per heavy atom. The van der Waals surface area contributed by atoms with Crippen molar-refractivity contribution >= 4 is 43.2 Å². The Hall–Kier alpha value is -1.46. The van der Waals surface area contributed by atoms with E-state index in [1.807, 2.05) is 6.92 Å². The second kappa shape index (κ2) is 5.50. The number of halogens is 1. The zero-order valence-electron chi connectivity index (χ0n) is 11.3. The van der Waals surface area contributed by atoms with Crippen LogP contribution in [0, 0.1) is 6.92 Å². The summed E-state index contributed by atoms with van der Waals surface area (Å²) in [6.07, 6.45) is 0. The van der Waals surface area contributed by atoms with Crippen LogP contribution in [0.25, 0.3) is 21.5 Å². The Morgan fingerprint density at radius 3 is 2.85 bits per heavy atom. The van der Waals surface area contributed by atoms with Gasteiger partial charge in [0.1, 0.15) is 5.82 Å². The molecule has 5 heteroatoms. The number of thiophene rings is 1. The molecule has 0 amide bonds. The number of hydrogen-bond donors (Lipinski definition) is 1. The van der Waals surface area contributed by atoms with Gasteiger partial charge in [-0.15, -0.1) is 11.3 Å². The molecule has 102 valence electrons. The third-order valence-corrected chi connectivity index (χ3v) is 5.00. The van der Waals surface area contributed by atoms with Crippen molar-refractivity contribution in [3.8, 4) is 11.4 Å². The van der Waals surface area contributed by atoms with E-state index in [9.17, 15) is 0 Å². The van der Waals surface area contributed by atoms with Crippen LogP contribution in [0.2, 0.25) is 0 Å². The fourth-order valence-electron chi connectivity index (χ4n) is 2.12. The predicted molar refractivity (Wildman–Crippen MR) is 89.5 cm³/mol. The topological polar surface area (TPSA) is 37.8 Å². The van der Waals surface area contributed by atoms with Gasteiger partial charge in [0.25, 0.3) is 0 Å². The van der Waals surface area contributed by atoms with Gasteiger partial charge in [0.05, 0.1) is 10.2 Å². The fourth-order valence-corrected chi connectivity index (χ4v) is 3.37. The van der Waals surface area contributed by atoms with E-state index in [1.165, 1.54) is 10.1 Å². The Bertz CT molecular complexity index is 767. The number of fused-ring (bicyclic) bond motifs is 1. The first kappa shape index (κ1) is 13.5. The minimum absolute atomic E-state index is 0.777. The quantitative estimate of drug-likeness (QED) is 0.734. The van der Waals surface area contributed by atoms with Gasteiger partial charge in [0, 0.05) is 27.6 Å². The van der Waals surface area contributed by atoms with Gasteiger partial charge in [-0.05, 0) is 35.8 Å². The molecule has 3 rings (SSSR count). The third-order valence-electron chi connectivity index (χ3n) is 3.08. The van der Waals surface area contributed by atoms with Crippen molar-refractivity contribution in [3.05, 3.63) is 39.8 Å². The molecule has 0 atom stereocenters. The van der Waals surface area contributed by atoms with E-state index in [0.29, 0.717) is 0 Å². The minimum atomic E-state index is 0.777. The molecule has 0 saturated carbocycles. The summed E-state index contributed by atoms with van der Waals surface area (Å²) in [5.41, 5.74) is 2.04. The molecule has 2 aromatic heterocycles. The highest BCUT2D eigenvalue weighted by atomic mass is 79.9. The number of nitrogens with zero attached hydrogens (tertiary/aromatic N) is 2. The van der Waals surface area contributed by atoms with Crippen LogP contribution in [0.15, 0.2) is 34.1 Å². The zero-order chi connectivity index (χ0) is 14.1. The molecule has 0 aliphatic rings. The molecular formula is C15H14BrN3S. The van der Waals surface area contributed by atoms with Crippen molar-refractivity contribution in [2.75, 3.05) is 11.9 Å². The van der Waals surface area contributed by atoms with Crippen molar-refractivity contribution in [1.82, 2.24) is 9.97 Å². The molecule has 0 fully saturated rings. The monoisotopic (exact) mass is 347 g/mol. The van der Waals surface area contributed by atoms with E-state index in [4.69, 9.17) is 0 Å². The molecule has 0 spiro atoms. The summed E-state index contributed by atoms with van der Waals surface area (Å²) in [4.78, 5) is 9.27. The maximum absolute atomic E-state index is 4.65. The van der Waals surface area contributed by atoms with Gasteiger partial charge in [-0.1, -0.05) is 18.2 Å². The fraction of sp³-hybridized carbons (Fsp3) is 0.200. The summed E-state index contributed by atoms with van der Waals surface area (Å²) in [5, 5.41) is 6.61. The molecular weight excluding hydrogens is 334 g/mol. The lowest BCUT2D eigenvalue weighted by Gasteiger charge is -2.09. The van der Waals surface area contributed by atoms with Gasteiger partial charge in [-0.2, -0.15) is 0 Å². The van der Waals surface area contributed by atoms with Crippen LogP contribution in [-0.4, -0.2) is 16.5 Å². The van der Waals surface area contributed by atoms with Crippen molar-refractivity contribution in [2.24, 2.45) is 0 Å². The Labute approximate surface area is 130 Å². The highest BCUT2D eigenvalue weighted by Crippen LogP contribution is 2.34. The van der Waals surface area contributed by atoms with Gasteiger partial charge in [-0.3, -0.25) is 0 Å². The van der Waals surface area contributed by atoms with Crippen molar-refractivity contribution in [3.63, 3.8) is 0 Å². The number of aryl methyl sites for hydroxylation is 1. The Morgan fingerprint density at radius 2 is 2.05 bits per heavy atom. The van der Waals surface area contributed by atoms with Crippen molar-refractivity contribution in [2.45, 2.75) is 13.8 Å². The first-order valence-corrected chi connectivity index (χ1v) is 8.12. The van der Waals surface area contributed by atoms with Crippen LogP contribution in [-0.2, 0) is 0 Å². The SMILES string of the molecule is CCNc1nc(-c2csc3ccccc23)nc(C)c1Br. The van der Waals surface area contributed by atoms with Crippen LogP contribution in [0.3, 0.4) is 0 Å². The third kappa shape index (κ3) is 2.31. The molecule has 0 saturated heterocycles. The van der Waals surface area contributed by atoms with Gasteiger partial charge in [-0.25, -0.2) is 9.97 Å². The molecule has 0 aliphatic heterocycles. The van der Waals surface area contributed by atoms with Crippen molar-refractivity contribution in [1.29, 1.82) is 0 Å². The van der Waals surface area contributed by atoms with Crippen LogP contribution >= 0.6 is 27.3 Å². The van der Waals surface area contributed by atoms with Crippen LogP contribution in [0.5, 0.6) is 0 Å². The second-order valence-electron chi connectivity index (χ2n) is 4.47. The molecule has 3 nitrogen and oxygen atoms in total. The van der Waals surface area contributed by atoms with E-state index in [0.717, 1.165) is 33.9 Å². The average Bonchev–Trinajstić information content (AvgIpc) is 2.88. The summed E-state index contributed by atoms with van der Waals surface area (Å²) in [6.45, 7) is 4.88. The summed E-state index contributed by atoms with van der Waals surface area (Å²) >= 11 is 5.27. The average molecular weight is 348 g/mol. The van der Waals surface area contributed by atoms with E-state index >= 15 is 0 Å².